The van der Waals surface area contributed by atoms with Crippen molar-refractivity contribution < 1.29 is 14.3 Å². The van der Waals surface area contributed by atoms with Gasteiger partial charge in [0.2, 0.25) is 5.91 Å². The zero-order valence-electron chi connectivity index (χ0n) is 17.3. The number of guanidine groups is 1. The van der Waals surface area contributed by atoms with Gasteiger partial charge in [-0.1, -0.05) is 12.5 Å². The Bertz CT molecular complexity index is 632. The molecule has 1 fully saturated rings. The van der Waals surface area contributed by atoms with Gasteiger partial charge in [0.1, 0.15) is 17.6 Å². The van der Waals surface area contributed by atoms with Gasteiger partial charge in [0.05, 0.1) is 13.7 Å². The highest BCUT2D eigenvalue weighted by atomic mass is 16.5. The molecule has 28 heavy (non-hydrogen) atoms. The topological polar surface area (TPSA) is 84.0 Å². The largest absolute Gasteiger partial charge is 0.497 e. The summed E-state index contributed by atoms with van der Waals surface area (Å²) in [6.45, 7) is 6.79. The van der Waals surface area contributed by atoms with Crippen molar-refractivity contribution in [2.24, 2.45) is 10.9 Å². The highest BCUT2D eigenvalue weighted by Crippen LogP contribution is 2.26. The molecule has 0 heterocycles. The summed E-state index contributed by atoms with van der Waals surface area (Å²) in [5.41, 5.74) is 0. The van der Waals surface area contributed by atoms with Crippen LogP contribution in [0.2, 0.25) is 0 Å². The van der Waals surface area contributed by atoms with Crippen LogP contribution >= 0.6 is 0 Å². The van der Waals surface area contributed by atoms with E-state index in [4.69, 9.17) is 9.47 Å². The van der Waals surface area contributed by atoms with E-state index in [1.807, 2.05) is 38.1 Å². The SMILES string of the molecule is CCNC(=NCC(C)Oc1cccc(OC)c1)NCCCNC(=O)C1CCC1. The van der Waals surface area contributed by atoms with Crippen LogP contribution in [-0.4, -0.2) is 51.3 Å². The maximum Gasteiger partial charge on any atom is 0.223 e. The summed E-state index contributed by atoms with van der Waals surface area (Å²) < 4.78 is 11.1. The number of ether oxygens (including phenoxy) is 2. The van der Waals surface area contributed by atoms with E-state index in [-0.39, 0.29) is 17.9 Å². The van der Waals surface area contributed by atoms with Gasteiger partial charge in [-0.2, -0.15) is 0 Å². The van der Waals surface area contributed by atoms with Crippen molar-refractivity contribution in [3.8, 4) is 11.5 Å². The number of nitrogens with one attached hydrogen (secondary N) is 3. The molecule has 1 aliphatic carbocycles. The van der Waals surface area contributed by atoms with E-state index in [0.29, 0.717) is 13.1 Å². The first-order valence-corrected chi connectivity index (χ1v) is 10.2. The molecular formula is C21H34N4O3. The van der Waals surface area contributed by atoms with Crippen molar-refractivity contribution in [3.63, 3.8) is 0 Å². The highest BCUT2D eigenvalue weighted by Gasteiger charge is 2.24. The summed E-state index contributed by atoms with van der Waals surface area (Å²) >= 11 is 0. The summed E-state index contributed by atoms with van der Waals surface area (Å²) in [7, 11) is 1.64. The Balaban J connectivity index is 1.68. The van der Waals surface area contributed by atoms with E-state index in [1.54, 1.807) is 7.11 Å². The molecule has 1 aromatic rings. The quantitative estimate of drug-likeness (QED) is 0.307. The van der Waals surface area contributed by atoms with Gasteiger partial charge in [0.25, 0.3) is 0 Å². The van der Waals surface area contributed by atoms with Gasteiger partial charge in [-0.05, 0) is 45.2 Å². The number of aliphatic imine (C=N–C) groups is 1. The molecule has 1 saturated carbocycles. The van der Waals surface area contributed by atoms with E-state index in [2.05, 4.69) is 20.9 Å². The van der Waals surface area contributed by atoms with Crippen LogP contribution in [0.25, 0.3) is 0 Å². The van der Waals surface area contributed by atoms with Gasteiger partial charge in [0.15, 0.2) is 5.96 Å². The van der Waals surface area contributed by atoms with Gasteiger partial charge >= 0.3 is 0 Å². The number of nitrogens with zero attached hydrogens (tertiary/aromatic N) is 1. The van der Waals surface area contributed by atoms with Crippen molar-refractivity contribution in [1.29, 1.82) is 0 Å². The Morgan fingerprint density at radius 1 is 1.21 bits per heavy atom. The lowest BCUT2D eigenvalue weighted by molar-refractivity contribution is -0.127. The second-order valence-electron chi connectivity index (χ2n) is 7.03. The molecule has 2 rings (SSSR count). The van der Waals surface area contributed by atoms with Crippen molar-refractivity contribution in [1.82, 2.24) is 16.0 Å². The minimum absolute atomic E-state index is 0.0654. The maximum atomic E-state index is 11.8. The molecule has 0 aliphatic heterocycles. The Kier molecular flexibility index (Phi) is 9.45. The Labute approximate surface area is 168 Å². The summed E-state index contributed by atoms with van der Waals surface area (Å²) in [6, 6.07) is 7.56. The Morgan fingerprint density at radius 3 is 2.64 bits per heavy atom. The van der Waals surface area contributed by atoms with Gasteiger partial charge in [0, 0.05) is 31.6 Å². The number of hydrogen-bond donors (Lipinski definition) is 3. The lowest BCUT2D eigenvalue weighted by atomic mass is 9.85. The molecule has 0 saturated heterocycles. The third kappa shape index (κ3) is 7.66. The molecule has 7 nitrogen and oxygen atoms in total. The Hall–Kier alpha value is -2.44. The zero-order valence-corrected chi connectivity index (χ0v) is 17.3. The molecule has 3 N–H and O–H groups in total. The molecule has 1 aromatic carbocycles. The minimum Gasteiger partial charge on any atom is -0.497 e. The number of carbonyl (C=O) groups is 1. The zero-order chi connectivity index (χ0) is 20.2. The third-order valence-corrected chi connectivity index (χ3v) is 4.65. The molecule has 0 aromatic heterocycles. The lowest BCUT2D eigenvalue weighted by Crippen LogP contribution is -2.40. The average Bonchev–Trinajstić information content (AvgIpc) is 2.64. The lowest BCUT2D eigenvalue weighted by Gasteiger charge is -2.24. The van der Waals surface area contributed by atoms with E-state index < -0.39 is 0 Å². The molecule has 1 amide bonds. The van der Waals surface area contributed by atoms with Crippen molar-refractivity contribution in [3.05, 3.63) is 24.3 Å². The number of benzene rings is 1. The molecule has 0 radical (unpaired) electrons. The number of hydrogen-bond acceptors (Lipinski definition) is 4. The average molecular weight is 391 g/mol. The number of carbonyl (C=O) groups excluding carboxylic acids is 1. The van der Waals surface area contributed by atoms with Crippen LogP contribution in [0.4, 0.5) is 0 Å². The van der Waals surface area contributed by atoms with E-state index in [1.165, 1.54) is 6.42 Å². The molecule has 1 aliphatic rings. The predicted molar refractivity (Wildman–Crippen MR) is 112 cm³/mol. The molecule has 1 atom stereocenters. The van der Waals surface area contributed by atoms with Crippen LogP contribution in [0.15, 0.2) is 29.3 Å². The fourth-order valence-corrected chi connectivity index (χ4v) is 2.83. The molecule has 7 heteroatoms. The number of rotatable bonds is 11. The van der Waals surface area contributed by atoms with Gasteiger partial charge in [-0.25, -0.2) is 4.99 Å². The van der Waals surface area contributed by atoms with E-state index in [0.717, 1.165) is 49.8 Å². The van der Waals surface area contributed by atoms with Gasteiger partial charge < -0.3 is 25.4 Å². The maximum absolute atomic E-state index is 11.8. The fourth-order valence-electron chi connectivity index (χ4n) is 2.83. The standard InChI is InChI=1S/C21H34N4O3/c1-4-22-21(24-13-7-12-23-20(26)17-8-5-9-17)25-15-16(2)28-19-11-6-10-18(14-19)27-3/h6,10-11,14,16-17H,4-5,7-9,12-13,15H2,1-3H3,(H,23,26)(H2,22,24,25). The second kappa shape index (κ2) is 12.1. The second-order valence-corrected chi connectivity index (χ2v) is 7.03. The van der Waals surface area contributed by atoms with Crippen molar-refractivity contribution in [2.75, 3.05) is 33.3 Å². The smallest absolute Gasteiger partial charge is 0.223 e. The normalized spacial score (nSPS) is 15.3. The summed E-state index contributed by atoms with van der Waals surface area (Å²) in [5.74, 6) is 2.75. The van der Waals surface area contributed by atoms with Crippen LogP contribution in [-0.2, 0) is 4.79 Å². The third-order valence-electron chi connectivity index (χ3n) is 4.65. The molecule has 156 valence electrons. The van der Waals surface area contributed by atoms with Crippen LogP contribution in [0, 0.1) is 5.92 Å². The molecule has 1 unspecified atom stereocenters. The number of amides is 1. The minimum atomic E-state index is -0.0654. The van der Waals surface area contributed by atoms with Crippen LogP contribution in [0.5, 0.6) is 11.5 Å². The van der Waals surface area contributed by atoms with Crippen LogP contribution in [0.3, 0.4) is 0 Å². The van der Waals surface area contributed by atoms with Crippen molar-refractivity contribution >= 4 is 11.9 Å². The van der Waals surface area contributed by atoms with Crippen molar-refractivity contribution in [2.45, 2.75) is 45.6 Å². The number of methoxy groups -OCH3 is 1. The Morgan fingerprint density at radius 2 is 1.96 bits per heavy atom. The summed E-state index contributed by atoms with van der Waals surface area (Å²) in [5, 5.41) is 9.54. The monoisotopic (exact) mass is 390 g/mol. The molecule has 0 spiro atoms. The summed E-state index contributed by atoms with van der Waals surface area (Å²) in [6.07, 6.45) is 4.06. The van der Waals surface area contributed by atoms with Gasteiger partial charge in [-0.3, -0.25) is 4.79 Å². The van der Waals surface area contributed by atoms with Crippen LogP contribution in [0.1, 0.15) is 39.5 Å². The van der Waals surface area contributed by atoms with E-state index in [9.17, 15) is 4.79 Å². The van der Waals surface area contributed by atoms with Crippen LogP contribution < -0.4 is 25.4 Å². The first kappa shape index (κ1) is 21.9. The first-order valence-electron chi connectivity index (χ1n) is 10.2. The van der Waals surface area contributed by atoms with Gasteiger partial charge in [-0.15, -0.1) is 0 Å². The first-order chi connectivity index (χ1) is 13.6. The molecule has 0 bridgehead atoms. The fraction of sp³-hybridized carbons (Fsp3) is 0.619. The van der Waals surface area contributed by atoms with E-state index >= 15 is 0 Å². The highest BCUT2D eigenvalue weighted by molar-refractivity contribution is 5.80. The summed E-state index contributed by atoms with van der Waals surface area (Å²) in [4.78, 5) is 16.4. The predicted octanol–water partition coefficient (Wildman–Crippen LogP) is 2.32. The molecular weight excluding hydrogens is 356 g/mol.